The summed E-state index contributed by atoms with van der Waals surface area (Å²) in [5, 5.41) is 7.20. The van der Waals surface area contributed by atoms with Crippen LogP contribution in [0.2, 0.25) is 0 Å². The highest BCUT2D eigenvalue weighted by molar-refractivity contribution is 7.91. The quantitative estimate of drug-likeness (QED) is 0.827. The first-order valence-electron chi connectivity index (χ1n) is 5.10. The van der Waals surface area contributed by atoms with Crippen LogP contribution < -0.4 is 10.5 Å². The number of rotatable bonds is 4. The van der Waals surface area contributed by atoms with Crippen LogP contribution in [0.5, 0.6) is 0 Å². The molecule has 0 saturated heterocycles. The van der Waals surface area contributed by atoms with Crippen LogP contribution in [0.1, 0.15) is 26.2 Å². The normalized spacial score (nSPS) is 19.3. The van der Waals surface area contributed by atoms with Crippen molar-refractivity contribution in [2.75, 3.05) is 5.73 Å². The third-order valence-electron chi connectivity index (χ3n) is 2.85. The molecular weight excluding hydrogens is 248 g/mol. The first-order chi connectivity index (χ1) is 7.49. The Morgan fingerprint density at radius 3 is 2.62 bits per heavy atom. The van der Waals surface area contributed by atoms with Crippen LogP contribution in [0.4, 0.5) is 5.13 Å². The van der Waals surface area contributed by atoms with Gasteiger partial charge in [0.25, 0.3) is 10.0 Å². The van der Waals surface area contributed by atoms with E-state index in [9.17, 15) is 8.42 Å². The summed E-state index contributed by atoms with van der Waals surface area (Å²) >= 11 is 0.879. The number of anilines is 1. The second-order valence-electron chi connectivity index (χ2n) is 4.01. The van der Waals surface area contributed by atoms with E-state index in [2.05, 4.69) is 14.9 Å². The highest BCUT2D eigenvalue weighted by Gasteiger charge is 2.29. The number of hydrogen-bond donors (Lipinski definition) is 2. The fourth-order valence-corrected chi connectivity index (χ4v) is 3.77. The Morgan fingerprint density at radius 2 is 2.19 bits per heavy atom. The monoisotopic (exact) mass is 262 g/mol. The lowest BCUT2D eigenvalue weighted by molar-refractivity contribution is 0.260. The largest absolute Gasteiger partial charge is 0.374 e. The standard InChI is InChI=1S/C8H14N4O2S2/c1-5(6-3-2-4-6)12-16(13,14)8-11-10-7(9)15-8/h5-6,12H,2-4H2,1H3,(H2,9,10). The van der Waals surface area contributed by atoms with E-state index in [-0.39, 0.29) is 15.5 Å². The SMILES string of the molecule is CC(NS(=O)(=O)c1nnc(N)s1)C1CCC1. The molecular formula is C8H14N4O2S2. The van der Waals surface area contributed by atoms with E-state index in [4.69, 9.17) is 5.73 Å². The summed E-state index contributed by atoms with van der Waals surface area (Å²) in [5.41, 5.74) is 5.36. The molecule has 0 bridgehead atoms. The van der Waals surface area contributed by atoms with Crippen molar-refractivity contribution >= 4 is 26.5 Å². The van der Waals surface area contributed by atoms with Crippen molar-refractivity contribution in [3.63, 3.8) is 0 Å². The minimum absolute atomic E-state index is 0.0520. The average Bonchev–Trinajstić information content (AvgIpc) is 2.47. The minimum atomic E-state index is -3.55. The summed E-state index contributed by atoms with van der Waals surface area (Å²) in [6.07, 6.45) is 3.35. The molecule has 0 aromatic carbocycles. The lowest BCUT2D eigenvalue weighted by Gasteiger charge is -2.31. The van der Waals surface area contributed by atoms with Crippen LogP contribution >= 0.6 is 11.3 Å². The molecule has 1 aliphatic rings. The van der Waals surface area contributed by atoms with Crippen LogP contribution in [-0.4, -0.2) is 24.7 Å². The zero-order valence-electron chi connectivity index (χ0n) is 8.88. The number of nitrogens with one attached hydrogen (secondary N) is 1. The average molecular weight is 262 g/mol. The topological polar surface area (TPSA) is 98.0 Å². The Balaban J connectivity index is 2.07. The molecule has 0 spiro atoms. The van der Waals surface area contributed by atoms with Crippen LogP contribution in [0.15, 0.2) is 4.34 Å². The van der Waals surface area contributed by atoms with Gasteiger partial charge >= 0.3 is 0 Å². The number of nitrogen functional groups attached to an aromatic ring is 1. The molecule has 1 saturated carbocycles. The van der Waals surface area contributed by atoms with Crippen molar-refractivity contribution in [2.24, 2.45) is 5.92 Å². The van der Waals surface area contributed by atoms with Crippen LogP contribution in [-0.2, 0) is 10.0 Å². The summed E-state index contributed by atoms with van der Waals surface area (Å²) in [7, 11) is -3.55. The maximum absolute atomic E-state index is 11.8. The molecule has 0 aliphatic heterocycles. The van der Waals surface area contributed by atoms with Gasteiger partial charge in [-0.3, -0.25) is 0 Å². The predicted octanol–water partition coefficient (Wildman–Crippen LogP) is 0.587. The van der Waals surface area contributed by atoms with Gasteiger partial charge in [0.05, 0.1) is 0 Å². The van der Waals surface area contributed by atoms with Crippen molar-refractivity contribution in [2.45, 2.75) is 36.6 Å². The lowest BCUT2D eigenvalue weighted by atomic mass is 9.81. The second kappa shape index (κ2) is 4.27. The Bertz CT molecular complexity index is 466. The van der Waals surface area contributed by atoms with Crippen LogP contribution in [0, 0.1) is 5.92 Å². The minimum Gasteiger partial charge on any atom is -0.374 e. The van der Waals surface area contributed by atoms with E-state index in [1.54, 1.807) is 0 Å². The summed E-state index contributed by atoms with van der Waals surface area (Å²) in [5.74, 6) is 0.444. The molecule has 2 rings (SSSR count). The van der Waals surface area contributed by atoms with Crippen molar-refractivity contribution in [3.8, 4) is 0 Å². The molecule has 1 aliphatic carbocycles. The maximum atomic E-state index is 11.8. The van der Waals surface area contributed by atoms with Gasteiger partial charge in [-0.25, -0.2) is 13.1 Å². The molecule has 3 N–H and O–H groups in total. The van der Waals surface area contributed by atoms with E-state index in [0.717, 1.165) is 24.2 Å². The van der Waals surface area contributed by atoms with Gasteiger partial charge in [0.1, 0.15) is 0 Å². The number of sulfonamides is 1. The smallest absolute Gasteiger partial charge is 0.270 e. The summed E-state index contributed by atoms with van der Waals surface area (Å²) < 4.78 is 26.2. The van der Waals surface area contributed by atoms with Gasteiger partial charge in [0.2, 0.25) is 9.47 Å². The molecule has 1 fully saturated rings. The number of hydrogen-bond acceptors (Lipinski definition) is 6. The Hall–Kier alpha value is -0.730. The molecule has 8 heteroatoms. The van der Waals surface area contributed by atoms with E-state index >= 15 is 0 Å². The fraction of sp³-hybridized carbons (Fsp3) is 0.750. The number of nitrogens with zero attached hydrogens (tertiary/aromatic N) is 2. The molecule has 6 nitrogen and oxygen atoms in total. The molecule has 0 radical (unpaired) electrons. The van der Waals surface area contributed by atoms with Gasteiger partial charge in [-0.1, -0.05) is 17.8 Å². The third kappa shape index (κ3) is 2.33. The van der Waals surface area contributed by atoms with Gasteiger partial charge < -0.3 is 5.73 Å². The molecule has 1 aromatic rings. The third-order valence-corrected chi connectivity index (χ3v) is 5.53. The Labute approximate surface area is 98.3 Å². The van der Waals surface area contributed by atoms with Gasteiger partial charge in [0.15, 0.2) is 0 Å². The summed E-state index contributed by atoms with van der Waals surface area (Å²) in [4.78, 5) is 0. The zero-order valence-corrected chi connectivity index (χ0v) is 10.5. The van der Waals surface area contributed by atoms with E-state index in [0.29, 0.717) is 5.92 Å². The van der Waals surface area contributed by atoms with E-state index < -0.39 is 10.0 Å². The molecule has 90 valence electrons. The van der Waals surface area contributed by atoms with Crippen molar-refractivity contribution in [1.29, 1.82) is 0 Å². The van der Waals surface area contributed by atoms with Gasteiger partial charge in [-0.2, -0.15) is 0 Å². The molecule has 1 atom stereocenters. The van der Waals surface area contributed by atoms with Gasteiger partial charge in [-0.15, -0.1) is 10.2 Å². The zero-order chi connectivity index (χ0) is 11.8. The molecule has 1 aromatic heterocycles. The molecule has 1 unspecified atom stereocenters. The summed E-state index contributed by atoms with van der Waals surface area (Å²) in [6, 6.07) is -0.0520. The predicted molar refractivity (Wildman–Crippen MR) is 61.4 cm³/mol. The molecule has 16 heavy (non-hydrogen) atoms. The van der Waals surface area contributed by atoms with Crippen LogP contribution in [0.25, 0.3) is 0 Å². The van der Waals surface area contributed by atoms with Gasteiger partial charge in [0, 0.05) is 6.04 Å². The Kier molecular flexibility index (Phi) is 3.13. The summed E-state index contributed by atoms with van der Waals surface area (Å²) in [6.45, 7) is 1.88. The number of aromatic nitrogens is 2. The van der Waals surface area contributed by atoms with Gasteiger partial charge in [-0.05, 0) is 25.7 Å². The van der Waals surface area contributed by atoms with Crippen molar-refractivity contribution in [1.82, 2.24) is 14.9 Å². The van der Waals surface area contributed by atoms with E-state index in [1.807, 2.05) is 6.92 Å². The first kappa shape index (κ1) is 11.7. The maximum Gasteiger partial charge on any atom is 0.270 e. The van der Waals surface area contributed by atoms with E-state index in [1.165, 1.54) is 6.42 Å². The second-order valence-corrected chi connectivity index (χ2v) is 6.90. The van der Waals surface area contributed by atoms with Crippen LogP contribution in [0.3, 0.4) is 0 Å². The van der Waals surface area contributed by atoms with Crippen molar-refractivity contribution < 1.29 is 8.42 Å². The number of nitrogens with two attached hydrogens (primary N) is 1. The Morgan fingerprint density at radius 1 is 1.50 bits per heavy atom. The fourth-order valence-electron chi connectivity index (χ4n) is 1.66. The highest BCUT2D eigenvalue weighted by Crippen LogP contribution is 2.30. The lowest BCUT2D eigenvalue weighted by Crippen LogP contribution is -2.40. The first-order valence-corrected chi connectivity index (χ1v) is 7.40. The highest BCUT2D eigenvalue weighted by atomic mass is 32.2. The molecule has 0 amide bonds. The van der Waals surface area contributed by atoms with Crippen molar-refractivity contribution in [3.05, 3.63) is 0 Å². The molecule has 1 heterocycles.